The van der Waals surface area contributed by atoms with Gasteiger partial charge in [-0.3, -0.25) is 28.8 Å². The molecule has 0 spiro atoms. The smallest absolute Gasteiger partial charge is 0.256 e. The molecule has 0 bridgehead atoms. The lowest BCUT2D eigenvalue weighted by atomic mass is 10.4. The lowest BCUT2D eigenvalue weighted by Crippen LogP contribution is -2.63. The summed E-state index contributed by atoms with van der Waals surface area (Å²) in [6.07, 6.45) is 3.77. The molecule has 9 nitrogen and oxygen atoms in total. The van der Waals surface area contributed by atoms with Crippen LogP contribution in [-0.4, -0.2) is 56.4 Å². The Bertz CT molecular complexity index is 593. The van der Waals surface area contributed by atoms with Crippen molar-refractivity contribution < 1.29 is 28.8 Å². The number of nitrogens with zero attached hydrogens (tertiary/aromatic N) is 3. The minimum absolute atomic E-state index is 0.506. The van der Waals surface area contributed by atoms with E-state index in [4.69, 9.17) is 0 Å². The van der Waals surface area contributed by atoms with Gasteiger partial charge >= 0.3 is 0 Å². The van der Waals surface area contributed by atoms with Crippen LogP contribution in [-0.2, 0) is 28.8 Å². The zero-order chi connectivity index (χ0) is 16.0. The molecule has 0 atom stereocenters. The van der Waals surface area contributed by atoms with Gasteiger partial charge in [0.05, 0.1) is 0 Å². The highest BCUT2D eigenvalue weighted by Crippen LogP contribution is 2.23. The predicted octanol–water partition coefficient (Wildman–Crippen LogP) is -1.95. The number of carbonyl (C=O) groups is 6. The average Bonchev–Trinajstić information content (AvgIpc) is 3.08. The Morgan fingerprint density at radius 3 is 0.818 bits per heavy atom. The first-order chi connectivity index (χ1) is 10.4. The lowest BCUT2D eigenvalue weighted by molar-refractivity contribution is -0.168. The first kappa shape index (κ1) is 13.6. The van der Waals surface area contributed by atoms with Crippen molar-refractivity contribution in [2.75, 3.05) is 0 Å². The Kier molecular flexibility index (Phi) is 2.84. The van der Waals surface area contributed by atoms with E-state index in [2.05, 4.69) is 0 Å². The quantitative estimate of drug-likeness (QED) is 0.560. The Hall–Kier alpha value is -3.36. The van der Waals surface area contributed by atoms with Gasteiger partial charge in [0.1, 0.15) is 0 Å². The molecule has 6 amide bonds. The fourth-order valence-electron chi connectivity index (χ4n) is 2.26. The molecule has 3 heterocycles. The van der Waals surface area contributed by atoms with Crippen LogP contribution in [0.25, 0.3) is 0 Å². The van der Waals surface area contributed by atoms with Crippen molar-refractivity contribution >= 4 is 35.4 Å². The first-order valence-corrected chi connectivity index (χ1v) is 6.07. The Morgan fingerprint density at radius 1 is 0.455 bits per heavy atom. The van der Waals surface area contributed by atoms with Gasteiger partial charge in [-0.2, -0.15) is 0 Å². The molecule has 0 aliphatic carbocycles. The minimum Gasteiger partial charge on any atom is -0.269 e. The van der Waals surface area contributed by atoms with Gasteiger partial charge in [-0.15, -0.1) is 0 Å². The summed E-state index contributed by atoms with van der Waals surface area (Å²) in [5.74, 6) is -5.03. The maximum atomic E-state index is 11.8. The molecule has 22 heavy (non-hydrogen) atoms. The van der Waals surface area contributed by atoms with E-state index in [0.29, 0.717) is 14.7 Å². The Morgan fingerprint density at radius 2 is 0.636 bits per heavy atom. The highest BCUT2D eigenvalue weighted by Gasteiger charge is 2.48. The van der Waals surface area contributed by atoms with Crippen LogP contribution in [0.15, 0.2) is 36.5 Å². The molecule has 3 aliphatic rings. The van der Waals surface area contributed by atoms with Crippen LogP contribution < -0.4 is 0 Å². The molecule has 3 aliphatic heterocycles. The largest absolute Gasteiger partial charge is 0.269 e. The minimum atomic E-state index is -1.76. The molecule has 0 fully saturated rings. The number of amides is 6. The normalized spacial score (nSPS) is 20.9. The fraction of sp³-hybridized carbons (Fsp3) is 0.0769. The van der Waals surface area contributed by atoms with E-state index in [0.717, 1.165) is 36.5 Å². The molecule has 9 heteroatoms. The van der Waals surface area contributed by atoms with Gasteiger partial charge in [-0.25, -0.2) is 14.7 Å². The first-order valence-electron chi connectivity index (χ1n) is 6.07. The van der Waals surface area contributed by atoms with E-state index in [1.807, 2.05) is 0 Å². The zero-order valence-electron chi connectivity index (χ0n) is 10.8. The monoisotopic (exact) mass is 301 g/mol. The molecular weight excluding hydrogens is 294 g/mol. The predicted molar refractivity (Wildman–Crippen MR) is 66.8 cm³/mol. The number of hydrogen-bond acceptors (Lipinski definition) is 6. The summed E-state index contributed by atoms with van der Waals surface area (Å²) in [7, 11) is 0. The van der Waals surface area contributed by atoms with Crippen molar-refractivity contribution in [2.45, 2.75) is 6.29 Å². The van der Waals surface area contributed by atoms with Gasteiger partial charge in [-0.1, -0.05) is 0 Å². The number of imide groups is 3. The summed E-state index contributed by atoms with van der Waals surface area (Å²) in [5.41, 5.74) is 0. The standard InChI is InChI=1S/C13H7N3O6/c17-7-1-2-8(18)14(7)13(15-9(19)3-4-10(15)20)16-11(21)5-6-12(16)22/h1-6,13H. The van der Waals surface area contributed by atoms with Gasteiger partial charge in [-0.05, 0) is 0 Å². The van der Waals surface area contributed by atoms with Gasteiger partial charge in [0.2, 0.25) is 6.29 Å². The maximum absolute atomic E-state index is 11.8. The molecule has 0 aromatic heterocycles. The van der Waals surface area contributed by atoms with Crippen molar-refractivity contribution in [3.8, 4) is 0 Å². The molecular formula is C13H7N3O6. The van der Waals surface area contributed by atoms with Crippen molar-refractivity contribution in [1.29, 1.82) is 0 Å². The summed E-state index contributed by atoms with van der Waals surface area (Å²) in [6.45, 7) is 0. The molecule has 110 valence electrons. The second kappa shape index (κ2) is 4.58. The molecule has 0 aromatic carbocycles. The fourth-order valence-corrected chi connectivity index (χ4v) is 2.26. The van der Waals surface area contributed by atoms with E-state index in [1.165, 1.54) is 0 Å². The van der Waals surface area contributed by atoms with Crippen LogP contribution in [0.4, 0.5) is 0 Å². The Labute approximate surface area is 122 Å². The van der Waals surface area contributed by atoms with E-state index < -0.39 is 41.7 Å². The summed E-state index contributed by atoms with van der Waals surface area (Å²) >= 11 is 0. The van der Waals surface area contributed by atoms with Gasteiger partial charge in [0.15, 0.2) is 0 Å². The maximum Gasteiger partial charge on any atom is 0.256 e. The molecule has 0 unspecified atom stereocenters. The van der Waals surface area contributed by atoms with Crippen molar-refractivity contribution in [3.05, 3.63) is 36.5 Å². The van der Waals surface area contributed by atoms with Crippen LogP contribution >= 0.6 is 0 Å². The van der Waals surface area contributed by atoms with E-state index in [9.17, 15) is 28.8 Å². The lowest BCUT2D eigenvalue weighted by Gasteiger charge is -2.37. The molecule has 0 saturated carbocycles. The molecule has 0 aromatic rings. The average molecular weight is 301 g/mol. The molecule has 0 saturated heterocycles. The van der Waals surface area contributed by atoms with Crippen LogP contribution in [0.3, 0.4) is 0 Å². The SMILES string of the molecule is O=C1C=CC(=O)N1C(N1C(=O)C=CC1=O)N1C(=O)C=CC1=O. The van der Waals surface area contributed by atoms with Crippen molar-refractivity contribution in [1.82, 2.24) is 14.7 Å². The number of hydrogen-bond donors (Lipinski definition) is 0. The highest BCUT2D eigenvalue weighted by molar-refractivity contribution is 6.19. The van der Waals surface area contributed by atoms with Crippen LogP contribution in [0.5, 0.6) is 0 Å². The molecule has 0 N–H and O–H groups in total. The Balaban J connectivity index is 2.07. The topological polar surface area (TPSA) is 112 Å². The third-order valence-corrected chi connectivity index (χ3v) is 3.22. The van der Waals surface area contributed by atoms with E-state index in [1.54, 1.807) is 0 Å². The summed E-state index contributed by atoms with van der Waals surface area (Å²) in [6, 6.07) is 0. The van der Waals surface area contributed by atoms with Crippen molar-refractivity contribution in [3.63, 3.8) is 0 Å². The van der Waals surface area contributed by atoms with Crippen LogP contribution in [0.2, 0.25) is 0 Å². The van der Waals surface area contributed by atoms with Crippen molar-refractivity contribution in [2.24, 2.45) is 0 Å². The number of rotatable bonds is 3. The van der Waals surface area contributed by atoms with E-state index >= 15 is 0 Å². The van der Waals surface area contributed by atoms with Gasteiger partial charge in [0.25, 0.3) is 35.4 Å². The van der Waals surface area contributed by atoms with Crippen LogP contribution in [0, 0.1) is 0 Å². The van der Waals surface area contributed by atoms with E-state index in [-0.39, 0.29) is 0 Å². The summed E-state index contributed by atoms with van der Waals surface area (Å²) in [4.78, 5) is 72.6. The second-order valence-corrected chi connectivity index (χ2v) is 4.49. The highest BCUT2D eigenvalue weighted by atomic mass is 16.2. The number of carbonyl (C=O) groups excluding carboxylic acids is 6. The zero-order valence-corrected chi connectivity index (χ0v) is 10.8. The van der Waals surface area contributed by atoms with Gasteiger partial charge < -0.3 is 0 Å². The third-order valence-electron chi connectivity index (χ3n) is 3.22. The van der Waals surface area contributed by atoms with Crippen LogP contribution in [0.1, 0.15) is 0 Å². The third kappa shape index (κ3) is 1.79. The second-order valence-electron chi connectivity index (χ2n) is 4.49. The molecule has 0 radical (unpaired) electrons. The summed E-state index contributed by atoms with van der Waals surface area (Å²) in [5, 5.41) is 0. The summed E-state index contributed by atoms with van der Waals surface area (Å²) < 4.78 is 0. The molecule has 3 rings (SSSR count). The van der Waals surface area contributed by atoms with Gasteiger partial charge in [0, 0.05) is 36.5 Å².